The maximum Gasteiger partial charge on any atom is 0.251 e. The topological polar surface area (TPSA) is 75.4 Å². The predicted molar refractivity (Wildman–Crippen MR) is 96.3 cm³/mol. The molecule has 2 aromatic rings. The Morgan fingerprint density at radius 2 is 2.04 bits per heavy atom. The number of anilines is 1. The van der Waals surface area contributed by atoms with E-state index in [0.717, 1.165) is 35.5 Å². The Bertz CT molecular complexity index is 755. The molecule has 0 radical (unpaired) electrons. The van der Waals surface area contributed by atoms with Crippen LogP contribution in [0.25, 0.3) is 0 Å². The summed E-state index contributed by atoms with van der Waals surface area (Å²) in [6, 6.07) is 9.88. The Balaban J connectivity index is 1.72. The van der Waals surface area contributed by atoms with Gasteiger partial charge >= 0.3 is 0 Å². The minimum Gasteiger partial charge on any atom is -0.365 e. The highest BCUT2D eigenvalue weighted by Crippen LogP contribution is 2.36. The molecule has 1 aromatic carbocycles. The van der Waals surface area contributed by atoms with Crippen LogP contribution in [-0.4, -0.2) is 30.3 Å². The highest BCUT2D eigenvalue weighted by molar-refractivity contribution is 7.17. The highest BCUT2D eigenvalue weighted by Gasteiger charge is 2.26. The lowest BCUT2D eigenvalue weighted by Crippen LogP contribution is -2.27. The number of fused-ring (bicyclic) bond motifs is 1. The van der Waals surface area contributed by atoms with Gasteiger partial charge in [0.2, 0.25) is 5.91 Å². The number of aryl methyl sites for hydroxylation is 1. The maximum absolute atomic E-state index is 12.3. The fraction of sp³-hybridized carbons (Fsp3) is 0.333. The highest BCUT2D eigenvalue weighted by atomic mass is 32.1. The molecule has 0 bridgehead atoms. The average molecular weight is 343 g/mol. The summed E-state index contributed by atoms with van der Waals surface area (Å²) in [5.41, 5.74) is 8.18. The Morgan fingerprint density at radius 3 is 2.75 bits per heavy atom. The summed E-state index contributed by atoms with van der Waals surface area (Å²) in [4.78, 5) is 27.5. The average Bonchev–Trinajstić information content (AvgIpc) is 2.90. The Morgan fingerprint density at radius 1 is 1.29 bits per heavy atom. The zero-order valence-electron chi connectivity index (χ0n) is 13.7. The number of rotatable bonds is 5. The number of nitrogens with two attached hydrogens (primary N) is 1. The third-order valence-corrected chi connectivity index (χ3v) is 5.36. The largest absolute Gasteiger partial charge is 0.365 e. The number of benzene rings is 1. The molecule has 1 aromatic heterocycles. The standard InChI is InChI=1S/C18H21N3O2S/c1-21-10-9-13-14(11-21)24-18(16(13)17(19)23)20-15(22)8-7-12-5-3-2-4-6-12/h2-6H,7-11H2,1H3,(H2,19,23)(H,20,22). The van der Waals surface area contributed by atoms with E-state index in [1.807, 2.05) is 37.4 Å². The molecule has 2 amide bonds. The van der Waals surface area contributed by atoms with Crippen LogP contribution in [0.1, 0.15) is 32.8 Å². The number of thiophene rings is 1. The molecule has 126 valence electrons. The van der Waals surface area contributed by atoms with Crippen molar-refractivity contribution in [2.75, 3.05) is 18.9 Å². The lowest BCUT2D eigenvalue weighted by atomic mass is 10.0. The van der Waals surface area contributed by atoms with Crippen molar-refractivity contribution in [3.63, 3.8) is 0 Å². The van der Waals surface area contributed by atoms with Crippen LogP contribution in [0.4, 0.5) is 5.00 Å². The van der Waals surface area contributed by atoms with Crippen LogP contribution < -0.4 is 11.1 Å². The molecule has 0 fully saturated rings. The number of carbonyl (C=O) groups excluding carboxylic acids is 2. The lowest BCUT2D eigenvalue weighted by Gasteiger charge is -2.22. The van der Waals surface area contributed by atoms with E-state index < -0.39 is 5.91 Å². The Kier molecular flexibility index (Phi) is 4.97. The molecule has 0 saturated carbocycles. The molecule has 0 aliphatic carbocycles. The van der Waals surface area contributed by atoms with Crippen molar-refractivity contribution in [2.45, 2.75) is 25.8 Å². The molecule has 0 spiro atoms. The van der Waals surface area contributed by atoms with Gasteiger partial charge in [-0.2, -0.15) is 0 Å². The van der Waals surface area contributed by atoms with E-state index in [2.05, 4.69) is 10.2 Å². The van der Waals surface area contributed by atoms with Crippen molar-refractivity contribution in [1.82, 2.24) is 4.90 Å². The van der Waals surface area contributed by atoms with E-state index in [4.69, 9.17) is 5.73 Å². The molecule has 6 heteroatoms. The van der Waals surface area contributed by atoms with Gasteiger partial charge in [-0.15, -0.1) is 11.3 Å². The van der Waals surface area contributed by atoms with Crippen molar-refractivity contribution < 1.29 is 9.59 Å². The van der Waals surface area contributed by atoms with Crippen LogP contribution in [0.15, 0.2) is 30.3 Å². The smallest absolute Gasteiger partial charge is 0.251 e. The fourth-order valence-corrected chi connectivity index (χ4v) is 4.32. The number of primary amides is 1. The van der Waals surface area contributed by atoms with Gasteiger partial charge < -0.3 is 16.0 Å². The summed E-state index contributed by atoms with van der Waals surface area (Å²) < 4.78 is 0. The van der Waals surface area contributed by atoms with E-state index in [1.165, 1.54) is 11.3 Å². The van der Waals surface area contributed by atoms with E-state index in [9.17, 15) is 9.59 Å². The molecule has 24 heavy (non-hydrogen) atoms. The molecule has 0 atom stereocenters. The van der Waals surface area contributed by atoms with Gasteiger partial charge in [0, 0.05) is 24.4 Å². The van der Waals surface area contributed by atoms with Crippen molar-refractivity contribution in [2.24, 2.45) is 5.73 Å². The minimum atomic E-state index is -0.463. The van der Waals surface area contributed by atoms with E-state index in [-0.39, 0.29) is 5.91 Å². The van der Waals surface area contributed by atoms with Gasteiger partial charge in [0.05, 0.1) is 5.56 Å². The fourth-order valence-electron chi connectivity index (χ4n) is 2.97. The van der Waals surface area contributed by atoms with Crippen LogP contribution >= 0.6 is 11.3 Å². The van der Waals surface area contributed by atoms with Crippen LogP contribution in [0.2, 0.25) is 0 Å². The summed E-state index contributed by atoms with van der Waals surface area (Å²) >= 11 is 1.47. The van der Waals surface area contributed by atoms with E-state index >= 15 is 0 Å². The first-order valence-electron chi connectivity index (χ1n) is 8.01. The molecule has 3 N–H and O–H groups in total. The first-order valence-corrected chi connectivity index (χ1v) is 8.83. The second-order valence-corrected chi connectivity index (χ2v) is 7.20. The molecule has 0 unspecified atom stereocenters. The van der Waals surface area contributed by atoms with Crippen LogP contribution in [0.5, 0.6) is 0 Å². The summed E-state index contributed by atoms with van der Waals surface area (Å²) in [5, 5.41) is 3.49. The van der Waals surface area contributed by atoms with Crippen LogP contribution in [-0.2, 0) is 24.2 Å². The Hall–Kier alpha value is -2.18. The quantitative estimate of drug-likeness (QED) is 0.875. The van der Waals surface area contributed by atoms with Gasteiger partial charge in [0.1, 0.15) is 5.00 Å². The summed E-state index contributed by atoms with van der Waals surface area (Å²) in [7, 11) is 2.05. The molecule has 1 aliphatic rings. The first-order chi connectivity index (χ1) is 11.5. The van der Waals surface area contributed by atoms with E-state index in [1.54, 1.807) is 0 Å². The maximum atomic E-state index is 12.3. The third kappa shape index (κ3) is 3.66. The van der Waals surface area contributed by atoms with Gasteiger partial charge in [0.25, 0.3) is 5.91 Å². The first kappa shape index (κ1) is 16.7. The number of nitrogens with one attached hydrogen (secondary N) is 1. The normalized spacial score (nSPS) is 14.2. The van der Waals surface area contributed by atoms with Crippen LogP contribution in [0.3, 0.4) is 0 Å². The number of hydrogen-bond donors (Lipinski definition) is 2. The SMILES string of the molecule is CN1CCc2c(sc(NC(=O)CCc3ccccc3)c2C(N)=O)C1. The minimum absolute atomic E-state index is 0.0895. The summed E-state index contributed by atoms with van der Waals surface area (Å²) in [6.45, 7) is 1.69. The summed E-state index contributed by atoms with van der Waals surface area (Å²) in [6.07, 6.45) is 1.84. The van der Waals surface area contributed by atoms with Gasteiger partial charge in [-0.3, -0.25) is 9.59 Å². The van der Waals surface area contributed by atoms with Crippen molar-refractivity contribution >= 4 is 28.2 Å². The van der Waals surface area contributed by atoms with Crippen molar-refractivity contribution in [3.05, 3.63) is 51.9 Å². The number of amides is 2. The molecule has 0 saturated heterocycles. The third-order valence-electron chi connectivity index (χ3n) is 4.23. The Labute approximate surface area is 145 Å². The van der Waals surface area contributed by atoms with E-state index in [0.29, 0.717) is 23.4 Å². The van der Waals surface area contributed by atoms with Crippen molar-refractivity contribution in [3.8, 4) is 0 Å². The van der Waals surface area contributed by atoms with Gasteiger partial charge in [-0.1, -0.05) is 30.3 Å². The zero-order chi connectivity index (χ0) is 17.1. The molecule has 2 heterocycles. The number of carbonyl (C=O) groups is 2. The summed E-state index contributed by atoms with van der Waals surface area (Å²) in [5.74, 6) is -0.552. The predicted octanol–water partition coefficient (Wildman–Crippen LogP) is 2.41. The van der Waals surface area contributed by atoms with Gasteiger partial charge in [0.15, 0.2) is 0 Å². The number of nitrogens with zero attached hydrogens (tertiary/aromatic N) is 1. The lowest BCUT2D eigenvalue weighted by molar-refractivity contribution is -0.116. The second-order valence-electron chi connectivity index (χ2n) is 6.09. The second kappa shape index (κ2) is 7.15. The molecule has 3 rings (SSSR count). The van der Waals surface area contributed by atoms with Gasteiger partial charge in [-0.05, 0) is 31.0 Å². The molecule has 1 aliphatic heterocycles. The molecular weight excluding hydrogens is 322 g/mol. The monoisotopic (exact) mass is 343 g/mol. The van der Waals surface area contributed by atoms with Crippen LogP contribution in [0, 0.1) is 0 Å². The number of likely N-dealkylation sites (N-methyl/N-ethyl adjacent to an activating group) is 1. The van der Waals surface area contributed by atoms with Crippen molar-refractivity contribution in [1.29, 1.82) is 0 Å². The number of hydrogen-bond acceptors (Lipinski definition) is 4. The molecule has 5 nitrogen and oxygen atoms in total. The molecular formula is C18H21N3O2S. The zero-order valence-corrected chi connectivity index (χ0v) is 14.5. The van der Waals surface area contributed by atoms with Gasteiger partial charge in [-0.25, -0.2) is 0 Å².